The normalized spacial score (nSPS) is 21.4. The van der Waals surface area contributed by atoms with Crippen molar-refractivity contribution in [1.82, 2.24) is 4.90 Å². The Kier molecular flexibility index (Phi) is 4.60. The number of rotatable bonds is 3. The number of nitrogens with zero attached hydrogens (tertiary/aromatic N) is 1. The van der Waals surface area contributed by atoms with Crippen molar-refractivity contribution in [2.75, 3.05) is 13.2 Å². The lowest BCUT2D eigenvalue weighted by Crippen LogP contribution is -2.52. The van der Waals surface area contributed by atoms with Crippen LogP contribution in [0.1, 0.15) is 36.8 Å². The Balaban J connectivity index is 1.53. The van der Waals surface area contributed by atoms with Crippen molar-refractivity contribution >= 4 is 12.1 Å². The number of fused-ring (bicyclic) bond motifs is 3. The molecule has 27 heavy (non-hydrogen) atoms. The predicted molar refractivity (Wildman–Crippen MR) is 102 cm³/mol. The third kappa shape index (κ3) is 3.07. The number of amides is 1. The molecule has 5 nitrogen and oxygen atoms in total. The maximum atomic E-state index is 12.7. The second kappa shape index (κ2) is 7.06. The molecule has 0 unspecified atom stereocenters. The molecule has 4 rings (SSSR count). The number of carboxylic acids is 1. The van der Waals surface area contributed by atoms with Crippen LogP contribution >= 0.6 is 0 Å². The molecule has 2 aliphatic rings. The number of likely N-dealkylation sites (tertiary alicyclic amines) is 1. The molecule has 0 radical (unpaired) electrons. The first kappa shape index (κ1) is 17.6. The first-order valence-electron chi connectivity index (χ1n) is 9.42. The van der Waals surface area contributed by atoms with E-state index < -0.39 is 18.1 Å². The van der Waals surface area contributed by atoms with Crippen LogP contribution in [0.5, 0.6) is 0 Å². The van der Waals surface area contributed by atoms with E-state index in [1.54, 1.807) is 0 Å². The van der Waals surface area contributed by atoms with E-state index in [0.29, 0.717) is 6.54 Å². The molecule has 2 aromatic rings. The number of hydrogen-bond donors (Lipinski definition) is 1. The second-order valence-electron chi connectivity index (χ2n) is 7.40. The van der Waals surface area contributed by atoms with Gasteiger partial charge in [0.15, 0.2) is 0 Å². The quantitative estimate of drug-likeness (QED) is 0.888. The Bertz CT molecular complexity index is 833. The Hall–Kier alpha value is -2.82. The fraction of sp³-hybridized carbons (Fsp3) is 0.364. The van der Waals surface area contributed by atoms with Crippen LogP contribution in [0.25, 0.3) is 11.1 Å². The monoisotopic (exact) mass is 365 g/mol. The highest BCUT2D eigenvalue weighted by molar-refractivity contribution is 5.81. The maximum absolute atomic E-state index is 12.7. The SMILES string of the molecule is C[C@@H]1CCCN(C(=O)OCC2c3ccccc3-c3ccccc32)[C@@H]1C(=O)O. The molecule has 1 aliphatic heterocycles. The summed E-state index contributed by atoms with van der Waals surface area (Å²) in [6, 6.07) is 15.5. The maximum Gasteiger partial charge on any atom is 0.410 e. The van der Waals surface area contributed by atoms with E-state index >= 15 is 0 Å². The van der Waals surface area contributed by atoms with E-state index in [4.69, 9.17) is 4.74 Å². The number of carbonyl (C=O) groups is 2. The summed E-state index contributed by atoms with van der Waals surface area (Å²) in [6.07, 6.45) is 1.08. The second-order valence-corrected chi connectivity index (χ2v) is 7.40. The summed E-state index contributed by atoms with van der Waals surface area (Å²) in [5, 5.41) is 9.52. The lowest BCUT2D eigenvalue weighted by atomic mass is 9.91. The molecule has 0 bridgehead atoms. The topological polar surface area (TPSA) is 66.8 Å². The van der Waals surface area contributed by atoms with E-state index in [-0.39, 0.29) is 18.4 Å². The summed E-state index contributed by atoms with van der Waals surface area (Å²) in [5.41, 5.74) is 4.63. The molecule has 1 saturated heterocycles. The fourth-order valence-electron chi connectivity index (χ4n) is 4.45. The van der Waals surface area contributed by atoms with Gasteiger partial charge in [-0.25, -0.2) is 9.59 Å². The lowest BCUT2D eigenvalue weighted by Gasteiger charge is -2.36. The molecule has 1 aliphatic carbocycles. The van der Waals surface area contributed by atoms with Gasteiger partial charge in [0.1, 0.15) is 12.6 Å². The summed E-state index contributed by atoms with van der Waals surface area (Å²) < 4.78 is 5.63. The minimum atomic E-state index is -0.962. The number of carboxylic acid groups (broad SMARTS) is 1. The highest BCUT2D eigenvalue weighted by Crippen LogP contribution is 2.44. The van der Waals surface area contributed by atoms with Gasteiger partial charge in [-0.15, -0.1) is 0 Å². The minimum absolute atomic E-state index is 0.0214. The van der Waals surface area contributed by atoms with Crippen LogP contribution in [0.3, 0.4) is 0 Å². The van der Waals surface area contributed by atoms with Gasteiger partial charge in [-0.1, -0.05) is 55.5 Å². The molecule has 0 saturated carbocycles. The van der Waals surface area contributed by atoms with Crippen LogP contribution in [-0.4, -0.2) is 41.3 Å². The molecule has 1 N–H and O–H groups in total. The van der Waals surface area contributed by atoms with Gasteiger partial charge < -0.3 is 9.84 Å². The van der Waals surface area contributed by atoms with Crippen molar-refractivity contribution in [3.63, 3.8) is 0 Å². The van der Waals surface area contributed by atoms with Crippen LogP contribution in [0.15, 0.2) is 48.5 Å². The predicted octanol–water partition coefficient (Wildman–Crippen LogP) is 4.12. The van der Waals surface area contributed by atoms with Crippen LogP contribution < -0.4 is 0 Å². The molecule has 2 aromatic carbocycles. The zero-order valence-electron chi connectivity index (χ0n) is 15.3. The first-order valence-corrected chi connectivity index (χ1v) is 9.42. The molecule has 1 amide bonds. The largest absolute Gasteiger partial charge is 0.480 e. The van der Waals surface area contributed by atoms with Crippen LogP contribution in [0.4, 0.5) is 4.79 Å². The number of carbonyl (C=O) groups excluding carboxylic acids is 1. The number of benzene rings is 2. The van der Waals surface area contributed by atoms with Gasteiger partial charge in [-0.3, -0.25) is 4.90 Å². The Morgan fingerprint density at radius 1 is 1.07 bits per heavy atom. The average Bonchev–Trinajstić information content (AvgIpc) is 2.99. The van der Waals surface area contributed by atoms with Crippen molar-refractivity contribution in [2.45, 2.75) is 31.7 Å². The van der Waals surface area contributed by atoms with Crippen LogP contribution in [0, 0.1) is 5.92 Å². The Labute approximate surface area is 158 Å². The molecular formula is C22H23NO4. The van der Waals surface area contributed by atoms with Crippen molar-refractivity contribution in [3.05, 3.63) is 59.7 Å². The third-order valence-electron chi connectivity index (χ3n) is 5.76. The first-order chi connectivity index (χ1) is 13.1. The molecule has 1 fully saturated rings. The molecule has 0 spiro atoms. The molecular weight excluding hydrogens is 342 g/mol. The van der Waals surface area contributed by atoms with Crippen LogP contribution in [0.2, 0.25) is 0 Å². The highest BCUT2D eigenvalue weighted by atomic mass is 16.6. The molecule has 5 heteroatoms. The lowest BCUT2D eigenvalue weighted by molar-refractivity contribution is -0.146. The summed E-state index contributed by atoms with van der Waals surface area (Å²) in [5.74, 6) is -1.06. The fourth-order valence-corrected chi connectivity index (χ4v) is 4.45. The summed E-state index contributed by atoms with van der Waals surface area (Å²) in [7, 11) is 0. The van der Waals surface area contributed by atoms with Crippen LogP contribution in [-0.2, 0) is 9.53 Å². The number of ether oxygens (including phenoxy) is 1. The van der Waals surface area contributed by atoms with E-state index in [0.717, 1.165) is 24.0 Å². The van der Waals surface area contributed by atoms with Gasteiger partial charge in [0.25, 0.3) is 0 Å². The van der Waals surface area contributed by atoms with Gasteiger partial charge in [-0.2, -0.15) is 0 Å². The number of hydrogen-bond acceptors (Lipinski definition) is 3. The third-order valence-corrected chi connectivity index (χ3v) is 5.76. The summed E-state index contributed by atoms with van der Waals surface area (Å²) in [4.78, 5) is 25.7. The van der Waals surface area contributed by atoms with Crippen molar-refractivity contribution in [2.24, 2.45) is 5.92 Å². The van der Waals surface area contributed by atoms with E-state index in [1.807, 2.05) is 31.2 Å². The van der Waals surface area contributed by atoms with Gasteiger partial charge in [-0.05, 0) is 41.0 Å². The smallest absolute Gasteiger partial charge is 0.410 e. The number of piperidine rings is 1. The molecule has 140 valence electrons. The molecule has 1 heterocycles. The van der Waals surface area contributed by atoms with Crippen molar-refractivity contribution in [3.8, 4) is 11.1 Å². The van der Waals surface area contributed by atoms with Gasteiger partial charge in [0, 0.05) is 12.5 Å². The average molecular weight is 365 g/mol. The Morgan fingerprint density at radius 3 is 2.26 bits per heavy atom. The highest BCUT2D eigenvalue weighted by Gasteiger charge is 2.38. The van der Waals surface area contributed by atoms with Crippen molar-refractivity contribution < 1.29 is 19.4 Å². The van der Waals surface area contributed by atoms with E-state index in [1.165, 1.54) is 16.0 Å². The molecule has 2 atom stereocenters. The van der Waals surface area contributed by atoms with Gasteiger partial charge in [0.05, 0.1) is 0 Å². The van der Waals surface area contributed by atoms with Gasteiger partial charge in [0.2, 0.25) is 0 Å². The molecule has 0 aromatic heterocycles. The number of aliphatic carboxylic acids is 1. The van der Waals surface area contributed by atoms with E-state index in [2.05, 4.69) is 24.3 Å². The van der Waals surface area contributed by atoms with Crippen molar-refractivity contribution in [1.29, 1.82) is 0 Å². The van der Waals surface area contributed by atoms with E-state index in [9.17, 15) is 14.7 Å². The zero-order valence-corrected chi connectivity index (χ0v) is 15.3. The Morgan fingerprint density at radius 2 is 1.67 bits per heavy atom. The minimum Gasteiger partial charge on any atom is -0.480 e. The van der Waals surface area contributed by atoms with Gasteiger partial charge >= 0.3 is 12.1 Å². The zero-order chi connectivity index (χ0) is 19.0. The standard InChI is InChI=1S/C22H23NO4/c1-14-7-6-12-23(20(14)21(24)25)22(26)27-13-19-17-10-4-2-8-15(17)16-9-3-5-11-18(16)19/h2-5,8-11,14,19-20H,6-7,12-13H2,1H3,(H,24,25)/t14-,20+/m1/s1. The summed E-state index contributed by atoms with van der Waals surface area (Å²) >= 11 is 0. The summed E-state index contributed by atoms with van der Waals surface area (Å²) in [6.45, 7) is 2.52.